The van der Waals surface area contributed by atoms with Gasteiger partial charge in [0, 0.05) is 30.8 Å². The lowest BCUT2D eigenvalue weighted by atomic mass is 10.1. The van der Waals surface area contributed by atoms with Crippen molar-refractivity contribution in [3.05, 3.63) is 0 Å². The number of amides is 1. The summed E-state index contributed by atoms with van der Waals surface area (Å²) in [5, 5.41) is 11.6. The van der Waals surface area contributed by atoms with Gasteiger partial charge in [-0.2, -0.15) is 25.3 Å². The second-order valence-electron chi connectivity index (χ2n) is 8.88. The van der Waals surface area contributed by atoms with Gasteiger partial charge in [-0.05, 0) is 47.1 Å². The number of carbonyl (C=O) groups excluding carboxylic acids is 1. The topological polar surface area (TPSA) is 69.6 Å². The van der Waals surface area contributed by atoms with Crippen molar-refractivity contribution >= 4 is 61.9 Å². The number of halogens is 2. The highest BCUT2D eigenvalue weighted by atomic mass is 35.5. The van der Waals surface area contributed by atoms with Crippen molar-refractivity contribution in [1.29, 1.82) is 0 Å². The fourth-order valence-corrected chi connectivity index (χ4v) is 3.31. The molecule has 0 heterocycles. The van der Waals surface area contributed by atoms with Gasteiger partial charge >= 0.3 is 5.97 Å². The molecule has 2 N–H and O–H groups in total. The van der Waals surface area contributed by atoms with Gasteiger partial charge < -0.3 is 15.3 Å². The Kier molecular flexibility index (Phi) is 21.7. The van der Waals surface area contributed by atoms with Gasteiger partial charge in [-0.15, -0.1) is 24.8 Å². The average Bonchev–Trinajstić information content (AvgIpc) is 2.53. The van der Waals surface area contributed by atoms with Crippen LogP contribution in [0.2, 0.25) is 0 Å². The molecule has 0 rings (SSSR count). The third-order valence-electron chi connectivity index (χ3n) is 4.49. The highest BCUT2D eigenvalue weighted by molar-refractivity contribution is 7.82. The third-order valence-corrected chi connectivity index (χ3v) is 4.84. The average molecular weight is 508 g/mol. The van der Waals surface area contributed by atoms with E-state index in [-0.39, 0.29) is 35.5 Å². The van der Waals surface area contributed by atoms with E-state index in [0.717, 1.165) is 45.3 Å². The number of rotatable bonds is 17. The van der Waals surface area contributed by atoms with E-state index in [1.807, 2.05) is 0 Å². The molecule has 1 amide bonds. The first-order chi connectivity index (χ1) is 12.9. The number of thiol groups is 2. The number of aliphatic carboxylic acids is 1. The predicted octanol–water partition coefficient (Wildman–Crippen LogP) is 5.26. The molecule has 9 heteroatoms. The first-order valence-corrected chi connectivity index (χ1v) is 11.5. The van der Waals surface area contributed by atoms with Crippen LogP contribution in [0, 0.1) is 0 Å². The summed E-state index contributed by atoms with van der Waals surface area (Å²) >= 11 is 8.96. The van der Waals surface area contributed by atoms with E-state index in [1.54, 1.807) is 13.8 Å². The molecule has 0 aliphatic carbocycles. The van der Waals surface area contributed by atoms with E-state index in [9.17, 15) is 9.59 Å². The highest BCUT2D eigenvalue weighted by Crippen LogP contribution is 2.16. The molecule has 30 heavy (non-hydrogen) atoms. The highest BCUT2D eigenvalue weighted by Gasteiger charge is 2.22. The van der Waals surface area contributed by atoms with Gasteiger partial charge in [-0.25, -0.2) is 0 Å². The van der Waals surface area contributed by atoms with Crippen LogP contribution < -0.4 is 5.32 Å². The summed E-state index contributed by atoms with van der Waals surface area (Å²) in [5.74, 6) is -0.730. The molecule has 0 spiro atoms. The number of hydrogen-bond acceptors (Lipinski definition) is 5. The number of hydrogen-bond donors (Lipinski definition) is 4. The Labute approximate surface area is 207 Å². The molecule has 0 aromatic rings. The minimum absolute atomic E-state index is 0. The van der Waals surface area contributed by atoms with Crippen LogP contribution in [-0.2, 0) is 9.59 Å². The maximum Gasteiger partial charge on any atom is 0.303 e. The quantitative estimate of drug-likeness (QED) is 0.160. The summed E-state index contributed by atoms with van der Waals surface area (Å²) in [6, 6.07) is 0. The Morgan fingerprint density at radius 3 is 1.73 bits per heavy atom. The van der Waals surface area contributed by atoms with E-state index in [1.165, 1.54) is 25.7 Å². The van der Waals surface area contributed by atoms with Crippen LogP contribution in [0.4, 0.5) is 0 Å². The van der Waals surface area contributed by atoms with Crippen LogP contribution in [0.15, 0.2) is 0 Å². The van der Waals surface area contributed by atoms with Crippen LogP contribution in [0.25, 0.3) is 0 Å². The van der Waals surface area contributed by atoms with Crippen molar-refractivity contribution in [2.75, 3.05) is 26.2 Å². The zero-order chi connectivity index (χ0) is 21.6. The number of unbranched alkanes of at least 4 members (excludes halogenated alkanes) is 7. The Morgan fingerprint density at radius 1 is 0.833 bits per heavy atom. The molecule has 5 nitrogen and oxygen atoms in total. The molecule has 0 bridgehead atoms. The fourth-order valence-electron chi connectivity index (χ4n) is 3.03. The lowest BCUT2D eigenvalue weighted by Crippen LogP contribution is -2.44. The van der Waals surface area contributed by atoms with E-state index in [4.69, 9.17) is 5.11 Å². The minimum Gasteiger partial charge on any atom is -0.481 e. The van der Waals surface area contributed by atoms with Crippen molar-refractivity contribution < 1.29 is 14.7 Å². The van der Waals surface area contributed by atoms with Gasteiger partial charge in [0.05, 0.1) is 4.75 Å². The standard InChI is InChI=1S/C21H42N2O3S2.2ClH/c1-20(2,27)17-23(16-14-22-19(26)21(3,4)28)15-12-10-8-6-5-7-9-11-13-18(24)25;;/h27-28H,5-17H2,1-4H3,(H,22,26)(H,24,25);2*1H. The zero-order valence-electron chi connectivity index (χ0n) is 19.1. The zero-order valence-corrected chi connectivity index (χ0v) is 22.5. The monoisotopic (exact) mass is 506 g/mol. The number of carboxylic acid groups (broad SMARTS) is 1. The molecule has 0 aromatic heterocycles. The van der Waals surface area contributed by atoms with Crippen molar-refractivity contribution in [3.8, 4) is 0 Å². The molecule has 0 atom stereocenters. The SMILES string of the molecule is CC(C)(S)CN(CCCCCCCCCCC(=O)O)CCNC(=O)C(C)(C)S.Cl.Cl. The van der Waals surface area contributed by atoms with Gasteiger partial charge in [0.15, 0.2) is 0 Å². The number of nitrogens with one attached hydrogen (secondary N) is 1. The van der Waals surface area contributed by atoms with Crippen LogP contribution in [-0.4, -0.2) is 57.6 Å². The van der Waals surface area contributed by atoms with Crippen LogP contribution >= 0.6 is 50.1 Å². The van der Waals surface area contributed by atoms with Crippen LogP contribution in [0.3, 0.4) is 0 Å². The van der Waals surface area contributed by atoms with Crippen LogP contribution in [0.5, 0.6) is 0 Å². The fraction of sp³-hybridized carbons (Fsp3) is 0.905. The first kappa shape index (κ1) is 34.8. The molecule has 0 radical (unpaired) electrons. The number of carboxylic acids is 1. The van der Waals surface area contributed by atoms with E-state index >= 15 is 0 Å². The number of nitrogens with zero attached hydrogens (tertiary/aromatic N) is 1. The van der Waals surface area contributed by atoms with E-state index in [2.05, 4.69) is 49.3 Å². The van der Waals surface area contributed by atoms with Crippen LogP contribution in [0.1, 0.15) is 85.5 Å². The molecular formula is C21H44Cl2N2O3S2. The third kappa shape index (κ3) is 22.9. The Balaban J connectivity index is -0.00000364. The lowest BCUT2D eigenvalue weighted by molar-refractivity contribution is -0.137. The molecule has 0 aromatic carbocycles. The van der Waals surface area contributed by atoms with Crippen molar-refractivity contribution in [2.45, 2.75) is 95.0 Å². The smallest absolute Gasteiger partial charge is 0.303 e. The molecule has 0 fully saturated rings. The van der Waals surface area contributed by atoms with E-state index < -0.39 is 10.7 Å². The molecule has 0 unspecified atom stereocenters. The maximum absolute atomic E-state index is 11.9. The minimum atomic E-state index is -0.692. The first-order valence-electron chi connectivity index (χ1n) is 10.6. The molecule has 0 saturated carbocycles. The predicted molar refractivity (Wildman–Crippen MR) is 139 cm³/mol. The summed E-state index contributed by atoms with van der Waals surface area (Å²) in [6.45, 7) is 11.2. The summed E-state index contributed by atoms with van der Waals surface area (Å²) in [6.07, 6.45) is 9.23. The Bertz CT molecular complexity index is 457. The van der Waals surface area contributed by atoms with E-state index in [0.29, 0.717) is 13.0 Å². The molecule has 0 aliphatic rings. The summed E-state index contributed by atoms with van der Waals surface area (Å²) < 4.78 is -0.718. The number of carbonyl (C=O) groups is 2. The van der Waals surface area contributed by atoms with Crippen molar-refractivity contribution in [1.82, 2.24) is 10.2 Å². The lowest BCUT2D eigenvalue weighted by Gasteiger charge is -2.30. The van der Waals surface area contributed by atoms with Crippen molar-refractivity contribution in [2.24, 2.45) is 0 Å². The second kappa shape index (κ2) is 18.7. The van der Waals surface area contributed by atoms with Gasteiger partial charge in [0.25, 0.3) is 0 Å². The Morgan fingerprint density at radius 2 is 1.30 bits per heavy atom. The Hall–Kier alpha value is 0.180. The van der Waals surface area contributed by atoms with Gasteiger partial charge in [-0.3, -0.25) is 9.59 Å². The van der Waals surface area contributed by atoms with Gasteiger partial charge in [0.2, 0.25) is 5.91 Å². The van der Waals surface area contributed by atoms with Gasteiger partial charge in [0.1, 0.15) is 0 Å². The maximum atomic E-state index is 11.9. The second-order valence-corrected chi connectivity index (χ2v) is 11.2. The molecular weight excluding hydrogens is 463 g/mol. The normalized spacial score (nSPS) is 11.6. The largest absolute Gasteiger partial charge is 0.481 e. The van der Waals surface area contributed by atoms with Gasteiger partial charge in [-0.1, -0.05) is 38.5 Å². The summed E-state index contributed by atoms with van der Waals surface area (Å²) in [4.78, 5) is 24.8. The molecule has 182 valence electrons. The summed E-state index contributed by atoms with van der Waals surface area (Å²) in [5.41, 5.74) is 0. The van der Waals surface area contributed by atoms with Crippen molar-refractivity contribution in [3.63, 3.8) is 0 Å². The molecule has 0 aliphatic heterocycles. The summed E-state index contributed by atoms with van der Waals surface area (Å²) in [7, 11) is 0. The molecule has 0 saturated heterocycles.